The Morgan fingerprint density at radius 1 is 1.16 bits per heavy atom. The van der Waals surface area contributed by atoms with E-state index in [-0.39, 0.29) is 0 Å². The fourth-order valence-electron chi connectivity index (χ4n) is 2.64. The molecule has 1 heterocycles. The Bertz CT molecular complexity index is 227. The first-order valence-corrected chi connectivity index (χ1v) is 7.94. The van der Waals surface area contributed by atoms with Gasteiger partial charge >= 0.3 is 0 Å². The first-order chi connectivity index (χ1) is 8.87. The van der Waals surface area contributed by atoms with E-state index < -0.39 is 0 Å². The zero-order chi connectivity index (χ0) is 14.3. The van der Waals surface area contributed by atoms with Gasteiger partial charge in [-0.1, -0.05) is 20.8 Å². The molecule has 0 unspecified atom stereocenters. The van der Waals surface area contributed by atoms with E-state index >= 15 is 0 Å². The number of rotatable bonds is 7. The molecule has 1 aliphatic rings. The molecule has 1 saturated heterocycles. The predicted molar refractivity (Wildman–Crippen MR) is 84.7 cm³/mol. The van der Waals surface area contributed by atoms with E-state index in [1.54, 1.807) is 0 Å². The number of hydrogen-bond acceptors (Lipinski definition) is 3. The lowest BCUT2D eigenvalue weighted by molar-refractivity contribution is 0.176. The average molecular weight is 269 g/mol. The van der Waals surface area contributed by atoms with E-state index in [1.165, 1.54) is 45.4 Å². The Morgan fingerprint density at radius 3 is 2.37 bits per heavy atom. The fraction of sp³-hybridized carbons (Fsp3) is 1.00. The van der Waals surface area contributed by atoms with Crippen LogP contribution in [0.5, 0.6) is 0 Å². The van der Waals surface area contributed by atoms with Crippen molar-refractivity contribution in [3.05, 3.63) is 0 Å². The summed E-state index contributed by atoms with van der Waals surface area (Å²) in [7, 11) is 4.50. The molecule has 19 heavy (non-hydrogen) atoms. The van der Waals surface area contributed by atoms with Gasteiger partial charge in [-0.3, -0.25) is 0 Å². The summed E-state index contributed by atoms with van der Waals surface area (Å²) in [5.74, 6) is 0.913. The van der Waals surface area contributed by atoms with Gasteiger partial charge in [0.05, 0.1) is 0 Å². The van der Waals surface area contributed by atoms with Crippen LogP contribution in [0.2, 0.25) is 0 Å². The summed E-state index contributed by atoms with van der Waals surface area (Å²) < 4.78 is 0. The number of likely N-dealkylation sites (tertiary alicyclic amines) is 1. The topological polar surface area (TPSA) is 18.5 Å². The fourth-order valence-corrected chi connectivity index (χ4v) is 2.64. The van der Waals surface area contributed by atoms with Gasteiger partial charge in [-0.05, 0) is 64.3 Å². The van der Waals surface area contributed by atoms with Gasteiger partial charge in [-0.15, -0.1) is 0 Å². The molecule has 1 rings (SSSR count). The Hall–Kier alpha value is -0.120. The van der Waals surface area contributed by atoms with Crippen LogP contribution in [0.3, 0.4) is 0 Å². The summed E-state index contributed by atoms with van der Waals surface area (Å²) in [5.41, 5.74) is 0.451. The summed E-state index contributed by atoms with van der Waals surface area (Å²) in [4.78, 5) is 4.95. The molecule has 0 bridgehead atoms. The van der Waals surface area contributed by atoms with Crippen LogP contribution < -0.4 is 5.32 Å². The van der Waals surface area contributed by atoms with E-state index in [9.17, 15) is 0 Å². The van der Waals surface area contributed by atoms with Crippen molar-refractivity contribution in [3.8, 4) is 0 Å². The maximum Gasteiger partial charge on any atom is 0.0104 e. The Labute approximate surface area is 120 Å². The minimum absolute atomic E-state index is 0.451. The molecule has 0 aromatic carbocycles. The minimum Gasteiger partial charge on any atom is -0.315 e. The molecule has 0 aliphatic carbocycles. The Kier molecular flexibility index (Phi) is 7.33. The summed E-state index contributed by atoms with van der Waals surface area (Å²) in [6, 6.07) is 0. The second kappa shape index (κ2) is 8.23. The summed E-state index contributed by atoms with van der Waals surface area (Å²) >= 11 is 0. The van der Waals surface area contributed by atoms with Gasteiger partial charge in [0.1, 0.15) is 0 Å². The predicted octanol–water partition coefficient (Wildman–Crippen LogP) is 2.29. The molecule has 0 amide bonds. The minimum atomic E-state index is 0.451. The van der Waals surface area contributed by atoms with Gasteiger partial charge in [0, 0.05) is 19.6 Å². The van der Waals surface area contributed by atoms with Crippen molar-refractivity contribution in [2.24, 2.45) is 11.3 Å². The zero-order valence-electron chi connectivity index (χ0n) is 13.8. The molecule has 3 heteroatoms. The average Bonchev–Trinajstić information content (AvgIpc) is 2.30. The molecular weight excluding hydrogens is 234 g/mol. The van der Waals surface area contributed by atoms with E-state index in [0.29, 0.717) is 5.41 Å². The molecule has 1 N–H and O–H groups in total. The SMILES string of the molecule is CN1CCC(CN(C)CCNCCC(C)(C)C)CC1. The van der Waals surface area contributed by atoms with Crippen LogP contribution >= 0.6 is 0 Å². The van der Waals surface area contributed by atoms with E-state index in [0.717, 1.165) is 19.0 Å². The van der Waals surface area contributed by atoms with Gasteiger partial charge in [-0.2, -0.15) is 0 Å². The van der Waals surface area contributed by atoms with Crippen molar-refractivity contribution in [1.82, 2.24) is 15.1 Å². The van der Waals surface area contributed by atoms with E-state index in [2.05, 4.69) is 50.0 Å². The van der Waals surface area contributed by atoms with Crippen LogP contribution in [-0.4, -0.2) is 63.2 Å². The van der Waals surface area contributed by atoms with Crippen LogP contribution in [0.4, 0.5) is 0 Å². The molecule has 0 aromatic rings. The van der Waals surface area contributed by atoms with Crippen molar-refractivity contribution >= 4 is 0 Å². The summed E-state index contributed by atoms with van der Waals surface area (Å²) in [5, 5.41) is 3.57. The summed E-state index contributed by atoms with van der Waals surface area (Å²) in [6.45, 7) is 14.2. The molecule has 0 saturated carbocycles. The molecule has 0 radical (unpaired) electrons. The molecule has 1 aliphatic heterocycles. The highest BCUT2D eigenvalue weighted by molar-refractivity contribution is 4.72. The number of nitrogens with zero attached hydrogens (tertiary/aromatic N) is 2. The highest BCUT2D eigenvalue weighted by Crippen LogP contribution is 2.17. The van der Waals surface area contributed by atoms with E-state index in [1.807, 2.05) is 0 Å². The molecular formula is C16H35N3. The first-order valence-electron chi connectivity index (χ1n) is 7.94. The number of hydrogen-bond donors (Lipinski definition) is 1. The summed E-state index contributed by atoms with van der Waals surface area (Å²) in [6.07, 6.45) is 4.00. The van der Waals surface area contributed by atoms with E-state index in [4.69, 9.17) is 0 Å². The van der Waals surface area contributed by atoms with Crippen LogP contribution in [-0.2, 0) is 0 Å². The third kappa shape index (κ3) is 8.61. The third-order valence-electron chi connectivity index (χ3n) is 4.13. The molecule has 0 atom stereocenters. The molecule has 114 valence electrons. The van der Waals surface area contributed by atoms with Gasteiger partial charge in [0.15, 0.2) is 0 Å². The molecule has 0 aromatic heterocycles. The molecule has 0 spiro atoms. The second-order valence-corrected chi connectivity index (χ2v) is 7.57. The van der Waals surface area contributed by atoms with Crippen molar-refractivity contribution in [2.75, 3.05) is 53.4 Å². The van der Waals surface area contributed by atoms with Crippen molar-refractivity contribution in [3.63, 3.8) is 0 Å². The van der Waals surface area contributed by atoms with Crippen LogP contribution in [0.15, 0.2) is 0 Å². The first kappa shape index (κ1) is 16.9. The smallest absolute Gasteiger partial charge is 0.0104 e. The monoisotopic (exact) mass is 269 g/mol. The maximum atomic E-state index is 3.57. The van der Waals surface area contributed by atoms with Gasteiger partial charge in [-0.25, -0.2) is 0 Å². The van der Waals surface area contributed by atoms with Crippen LogP contribution in [0.1, 0.15) is 40.0 Å². The van der Waals surface area contributed by atoms with Crippen molar-refractivity contribution in [1.29, 1.82) is 0 Å². The van der Waals surface area contributed by atoms with Gasteiger partial charge in [0.25, 0.3) is 0 Å². The zero-order valence-corrected chi connectivity index (χ0v) is 13.8. The number of nitrogens with one attached hydrogen (secondary N) is 1. The maximum absolute atomic E-state index is 3.57. The molecule has 1 fully saturated rings. The largest absolute Gasteiger partial charge is 0.315 e. The van der Waals surface area contributed by atoms with Crippen LogP contribution in [0.25, 0.3) is 0 Å². The molecule has 3 nitrogen and oxygen atoms in total. The van der Waals surface area contributed by atoms with Gasteiger partial charge < -0.3 is 15.1 Å². The standard InChI is InChI=1S/C16H35N3/c1-16(2,3)8-9-17-10-13-19(5)14-15-6-11-18(4)12-7-15/h15,17H,6-14H2,1-5H3. The lowest BCUT2D eigenvalue weighted by Crippen LogP contribution is -2.38. The lowest BCUT2D eigenvalue weighted by atomic mass is 9.92. The van der Waals surface area contributed by atoms with Gasteiger partial charge in [0.2, 0.25) is 0 Å². The second-order valence-electron chi connectivity index (χ2n) is 7.57. The van der Waals surface area contributed by atoms with Crippen molar-refractivity contribution in [2.45, 2.75) is 40.0 Å². The Balaban J connectivity index is 2.00. The van der Waals surface area contributed by atoms with Crippen LogP contribution in [0, 0.1) is 11.3 Å². The normalized spacial score (nSPS) is 19.3. The number of piperidine rings is 1. The van der Waals surface area contributed by atoms with Crippen molar-refractivity contribution < 1.29 is 0 Å². The quantitative estimate of drug-likeness (QED) is 0.715. The number of likely N-dealkylation sites (N-methyl/N-ethyl adjacent to an activating group) is 1. The highest BCUT2D eigenvalue weighted by atomic mass is 15.1. The lowest BCUT2D eigenvalue weighted by Gasteiger charge is -2.31. The third-order valence-corrected chi connectivity index (χ3v) is 4.13. The highest BCUT2D eigenvalue weighted by Gasteiger charge is 2.17. The Morgan fingerprint density at radius 2 is 1.79 bits per heavy atom.